The molecule has 9 rings (SSSR count). The van der Waals surface area contributed by atoms with Crippen molar-refractivity contribution in [2.75, 3.05) is 4.90 Å². The molecule has 0 amide bonds. The number of rotatable bonds is 5. The molecule has 0 aliphatic rings. The van der Waals surface area contributed by atoms with Gasteiger partial charge >= 0.3 is 0 Å². The highest BCUT2D eigenvalue weighted by Gasteiger charge is 2.23. The maximum atomic E-state index is 6.45. The molecule has 0 bridgehead atoms. The predicted octanol–water partition coefficient (Wildman–Crippen LogP) is 12.7. The average molecular weight is 588 g/mol. The zero-order valence-electron chi connectivity index (χ0n) is 25.1. The van der Waals surface area contributed by atoms with E-state index in [0.29, 0.717) is 0 Å². The fraction of sp³-hybridized carbons (Fsp3) is 0. The maximum absolute atomic E-state index is 6.45. The third-order valence-corrected chi connectivity index (χ3v) is 9.02. The van der Waals surface area contributed by atoms with Gasteiger partial charge in [0, 0.05) is 27.7 Å². The van der Waals surface area contributed by atoms with Gasteiger partial charge < -0.3 is 9.32 Å². The molecule has 0 unspecified atom stereocenters. The average Bonchev–Trinajstić information content (AvgIpc) is 3.51. The first-order valence-electron chi connectivity index (χ1n) is 15.7. The van der Waals surface area contributed by atoms with Gasteiger partial charge in [-0.15, -0.1) is 0 Å². The monoisotopic (exact) mass is 587 g/mol. The fourth-order valence-electron chi connectivity index (χ4n) is 6.81. The van der Waals surface area contributed by atoms with Crippen LogP contribution in [0, 0.1) is 0 Å². The van der Waals surface area contributed by atoms with Gasteiger partial charge in [-0.25, -0.2) is 0 Å². The molecule has 0 radical (unpaired) electrons. The summed E-state index contributed by atoms with van der Waals surface area (Å²) in [6, 6.07) is 62.8. The van der Waals surface area contributed by atoms with Gasteiger partial charge in [0.1, 0.15) is 11.2 Å². The van der Waals surface area contributed by atoms with Crippen molar-refractivity contribution in [3.8, 4) is 22.3 Å². The second-order valence-corrected chi connectivity index (χ2v) is 11.8. The number of furan rings is 1. The van der Waals surface area contributed by atoms with E-state index in [1.54, 1.807) is 0 Å². The van der Waals surface area contributed by atoms with Gasteiger partial charge in [0.2, 0.25) is 0 Å². The van der Waals surface area contributed by atoms with E-state index < -0.39 is 0 Å². The van der Waals surface area contributed by atoms with Gasteiger partial charge in [0.15, 0.2) is 0 Å². The SMILES string of the molecule is c1ccc(-c2ccc(N(c3ccc4ccccc4c3)c3ccc4oc5ccccc5c4c3-c3ccc4ccccc4c3)cc2)cc1. The molecule has 8 aromatic carbocycles. The lowest BCUT2D eigenvalue weighted by Gasteiger charge is -2.29. The van der Waals surface area contributed by atoms with E-state index in [1.807, 2.05) is 6.07 Å². The van der Waals surface area contributed by atoms with Crippen LogP contribution in [-0.2, 0) is 0 Å². The van der Waals surface area contributed by atoms with Crippen LogP contribution >= 0.6 is 0 Å². The largest absolute Gasteiger partial charge is 0.456 e. The molecule has 9 aromatic rings. The van der Waals surface area contributed by atoms with Crippen molar-refractivity contribution in [3.05, 3.63) is 176 Å². The molecule has 0 fully saturated rings. The van der Waals surface area contributed by atoms with E-state index in [4.69, 9.17) is 4.42 Å². The Bertz CT molecular complexity index is 2530. The number of benzene rings is 8. The van der Waals surface area contributed by atoms with E-state index in [2.05, 4.69) is 175 Å². The summed E-state index contributed by atoms with van der Waals surface area (Å²) in [5, 5.41) is 7.08. The third kappa shape index (κ3) is 4.43. The summed E-state index contributed by atoms with van der Waals surface area (Å²) in [4.78, 5) is 2.40. The van der Waals surface area contributed by atoms with Gasteiger partial charge in [-0.05, 0) is 86.8 Å². The maximum Gasteiger partial charge on any atom is 0.136 e. The second-order valence-electron chi connectivity index (χ2n) is 11.8. The molecule has 2 heteroatoms. The molecule has 0 N–H and O–H groups in total. The molecular formula is C44H29NO. The number of anilines is 3. The van der Waals surface area contributed by atoms with Gasteiger partial charge in [0.05, 0.1) is 5.69 Å². The van der Waals surface area contributed by atoms with E-state index in [0.717, 1.165) is 50.1 Å². The van der Waals surface area contributed by atoms with E-state index >= 15 is 0 Å². The third-order valence-electron chi connectivity index (χ3n) is 9.02. The zero-order valence-corrected chi connectivity index (χ0v) is 25.1. The smallest absolute Gasteiger partial charge is 0.136 e. The molecule has 0 aliphatic carbocycles. The van der Waals surface area contributed by atoms with E-state index in [1.165, 1.54) is 32.7 Å². The van der Waals surface area contributed by atoms with Crippen molar-refractivity contribution in [2.24, 2.45) is 0 Å². The van der Waals surface area contributed by atoms with Crippen LogP contribution in [0.25, 0.3) is 65.7 Å². The quantitative estimate of drug-likeness (QED) is 0.199. The Morgan fingerprint density at radius 3 is 1.74 bits per heavy atom. The summed E-state index contributed by atoms with van der Waals surface area (Å²) in [5.41, 5.74) is 9.74. The van der Waals surface area contributed by atoms with Gasteiger partial charge in [-0.3, -0.25) is 0 Å². The van der Waals surface area contributed by atoms with Gasteiger partial charge in [0.25, 0.3) is 0 Å². The summed E-state index contributed by atoms with van der Waals surface area (Å²) in [6.07, 6.45) is 0. The summed E-state index contributed by atoms with van der Waals surface area (Å²) >= 11 is 0. The molecule has 46 heavy (non-hydrogen) atoms. The highest BCUT2D eigenvalue weighted by Crippen LogP contribution is 2.48. The summed E-state index contributed by atoms with van der Waals surface area (Å²) in [6.45, 7) is 0. The first kappa shape index (κ1) is 26.3. The summed E-state index contributed by atoms with van der Waals surface area (Å²) in [7, 11) is 0. The van der Waals surface area contributed by atoms with E-state index in [9.17, 15) is 0 Å². The first-order chi connectivity index (χ1) is 22.8. The van der Waals surface area contributed by atoms with Crippen molar-refractivity contribution >= 4 is 60.5 Å². The van der Waals surface area contributed by atoms with Crippen LogP contribution in [0.3, 0.4) is 0 Å². The molecule has 1 heterocycles. The van der Waals surface area contributed by atoms with Crippen LogP contribution in [0.4, 0.5) is 17.1 Å². The minimum atomic E-state index is 0.881. The highest BCUT2D eigenvalue weighted by molar-refractivity contribution is 6.17. The second kappa shape index (κ2) is 10.8. The van der Waals surface area contributed by atoms with Crippen LogP contribution in [0.1, 0.15) is 0 Å². The minimum Gasteiger partial charge on any atom is -0.456 e. The number of hydrogen-bond acceptors (Lipinski definition) is 2. The molecule has 0 saturated carbocycles. The van der Waals surface area contributed by atoms with Crippen molar-refractivity contribution in [2.45, 2.75) is 0 Å². The van der Waals surface area contributed by atoms with Crippen molar-refractivity contribution in [1.82, 2.24) is 0 Å². The summed E-state index contributed by atoms with van der Waals surface area (Å²) < 4.78 is 6.45. The van der Waals surface area contributed by atoms with Gasteiger partial charge in [-0.2, -0.15) is 0 Å². The number of para-hydroxylation sites is 1. The van der Waals surface area contributed by atoms with Crippen LogP contribution in [0.5, 0.6) is 0 Å². The molecule has 0 saturated heterocycles. The molecular weight excluding hydrogens is 558 g/mol. The Labute approximate surface area is 267 Å². The molecule has 0 spiro atoms. The van der Waals surface area contributed by atoms with Crippen LogP contribution in [0.15, 0.2) is 180 Å². The Balaban J connectivity index is 1.34. The van der Waals surface area contributed by atoms with Crippen LogP contribution in [-0.4, -0.2) is 0 Å². The molecule has 2 nitrogen and oxygen atoms in total. The van der Waals surface area contributed by atoms with Crippen molar-refractivity contribution in [3.63, 3.8) is 0 Å². The standard InChI is InChI=1S/C44H29NO/c1-2-10-30(11-3-1)33-20-23-37(24-21-33)45(38-25-22-32-13-5-7-15-35(32)29-38)40-26-27-42-44(39-16-8-9-17-41(39)46-42)43(40)36-19-18-31-12-4-6-14-34(31)28-36/h1-29H. The Morgan fingerprint density at radius 1 is 0.370 bits per heavy atom. The summed E-state index contributed by atoms with van der Waals surface area (Å²) in [5.74, 6) is 0. The van der Waals surface area contributed by atoms with E-state index in [-0.39, 0.29) is 0 Å². The Hall–Kier alpha value is -6.12. The van der Waals surface area contributed by atoms with Crippen LogP contribution in [0.2, 0.25) is 0 Å². The lowest BCUT2D eigenvalue weighted by molar-refractivity contribution is 0.669. The molecule has 0 atom stereocenters. The van der Waals surface area contributed by atoms with Crippen molar-refractivity contribution in [1.29, 1.82) is 0 Å². The topological polar surface area (TPSA) is 16.4 Å². The lowest BCUT2D eigenvalue weighted by Crippen LogP contribution is -2.11. The Morgan fingerprint density at radius 2 is 0.957 bits per heavy atom. The first-order valence-corrected chi connectivity index (χ1v) is 15.7. The lowest BCUT2D eigenvalue weighted by atomic mass is 9.94. The Kier molecular flexibility index (Phi) is 6.17. The minimum absolute atomic E-state index is 0.881. The number of hydrogen-bond donors (Lipinski definition) is 0. The number of fused-ring (bicyclic) bond motifs is 5. The normalized spacial score (nSPS) is 11.5. The van der Waals surface area contributed by atoms with Gasteiger partial charge in [-0.1, -0.05) is 127 Å². The number of nitrogens with zero attached hydrogens (tertiary/aromatic N) is 1. The molecule has 1 aromatic heterocycles. The molecule has 216 valence electrons. The fourth-order valence-corrected chi connectivity index (χ4v) is 6.81. The van der Waals surface area contributed by atoms with Crippen LogP contribution < -0.4 is 4.90 Å². The highest BCUT2D eigenvalue weighted by atomic mass is 16.3. The predicted molar refractivity (Wildman–Crippen MR) is 194 cm³/mol. The van der Waals surface area contributed by atoms with Crippen molar-refractivity contribution < 1.29 is 4.42 Å². The zero-order chi connectivity index (χ0) is 30.5. The molecule has 0 aliphatic heterocycles.